The number of likely N-dealkylation sites (N-methyl/N-ethyl adjacent to an activating group) is 1. The average Bonchev–Trinajstić information content (AvgIpc) is 3.11. The second-order valence-corrected chi connectivity index (χ2v) is 6.72. The minimum atomic E-state index is 0.832. The molecule has 1 fully saturated rings. The molecule has 1 aromatic heterocycles. The van der Waals surface area contributed by atoms with Crippen LogP contribution in [0.1, 0.15) is 12.8 Å². The van der Waals surface area contributed by atoms with Crippen LogP contribution in [0.2, 0.25) is 0 Å². The molecule has 0 bridgehead atoms. The van der Waals surface area contributed by atoms with Crippen LogP contribution in [0.5, 0.6) is 0 Å². The highest BCUT2D eigenvalue weighted by Gasteiger charge is 2.25. The molecule has 0 amide bonds. The van der Waals surface area contributed by atoms with Crippen molar-refractivity contribution in [2.75, 3.05) is 25.5 Å². The first-order chi connectivity index (χ1) is 8.72. The summed E-state index contributed by atoms with van der Waals surface area (Å²) in [4.78, 5) is 7.02. The van der Waals surface area contributed by atoms with Crippen molar-refractivity contribution in [2.45, 2.75) is 18.9 Å². The molecule has 2 aromatic rings. The Kier molecular flexibility index (Phi) is 3.54. The van der Waals surface area contributed by atoms with Crippen molar-refractivity contribution < 1.29 is 0 Å². The Morgan fingerprint density at radius 2 is 2.33 bits per heavy atom. The quantitative estimate of drug-likeness (QED) is 0.910. The van der Waals surface area contributed by atoms with Crippen LogP contribution >= 0.6 is 27.3 Å². The topological polar surface area (TPSA) is 28.2 Å². The Hall–Kier alpha value is -0.650. The van der Waals surface area contributed by atoms with E-state index in [-0.39, 0.29) is 0 Å². The lowest BCUT2D eigenvalue weighted by Gasteiger charge is -2.15. The smallest absolute Gasteiger partial charge is 0.183 e. The van der Waals surface area contributed by atoms with E-state index < -0.39 is 0 Å². The number of halogens is 1. The summed E-state index contributed by atoms with van der Waals surface area (Å²) in [7, 11) is 2.20. The Labute approximate surface area is 119 Å². The second kappa shape index (κ2) is 5.15. The van der Waals surface area contributed by atoms with Gasteiger partial charge in [0.25, 0.3) is 0 Å². The SMILES string of the molecule is CN(CCNc1nc2cc(Br)ccc2s1)C1CC1. The number of aromatic nitrogens is 1. The van der Waals surface area contributed by atoms with Crippen LogP contribution in [0.4, 0.5) is 5.13 Å². The first-order valence-electron chi connectivity index (χ1n) is 6.22. The normalized spacial score (nSPS) is 15.5. The Balaban J connectivity index is 1.60. The zero-order chi connectivity index (χ0) is 12.5. The number of fused-ring (bicyclic) bond motifs is 1. The maximum atomic E-state index is 4.59. The van der Waals surface area contributed by atoms with Crippen LogP contribution in [0.3, 0.4) is 0 Å². The van der Waals surface area contributed by atoms with Gasteiger partial charge in [-0.15, -0.1) is 0 Å². The van der Waals surface area contributed by atoms with Gasteiger partial charge < -0.3 is 10.2 Å². The molecule has 0 atom stereocenters. The lowest BCUT2D eigenvalue weighted by molar-refractivity contribution is 0.337. The van der Waals surface area contributed by atoms with E-state index >= 15 is 0 Å². The molecule has 18 heavy (non-hydrogen) atoms. The summed E-state index contributed by atoms with van der Waals surface area (Å²) >= 11 is 5.19. The fourth-order valence-corrected chi connectivity index (χ4v) is 3.23. The van der Waals surface area contributed by atoms with Crippen molar-refractivity contribution in [3.8, 4) is 0 Å². The van der Waals surface area contributed by atoms with E-state index in [4.69, 9.17) is 0 Å². The summed E-state index contributed by atoms with van der Waals surface area (Å²) in [5, 5.41) is 4.44. The van der Waals surface area contributed by atoms with E-state index in [0.29, 0.717) is 0 Å². The molecule has 1 aromatic carbocycles. The van der Waals surface area contributed by atoms with Crippen LogP contribution in [-0.2, 0) is 0 Å². The molecule has 1 saturated carbocycles. The first-order valence-corrected chi connectivity index (χ1v) is 7.83. The third-order valence-corrected chi connectivity index (χ3v) is 4.75. The van der Waals surface area contributed by atoms with Crippen LogP contribution in [0, 0.1) is 0 Å². The van der Waals surface area contributed by atoms with Gasteiger partial charge in [-0.25, -0.2) is 4.98 Å². The summed E-state index contributed by atoms with van der Waals surface area (Å²) < 4.78 is 2.32. The highest BCUT2D eigenvalue weighted by molar-refractivity contribution is 9.10. The average molecular weight is 326 g/mol. The highest BCUT2D eigenvalue weighted by Crippen LogP contribution is 2.28. The molecule has 1 N–H and O–H groups in total. The molecule has 96 valence electrons. The van der Waals surface area contributed by atoms with Gasteiger partial charge in [0, 0.05) is 23.6 Å². The predicted molar refractivity (Wildman–Crippen MR) is 81.5 cm³/mol. The molecule has 1 aliphatic rings. The van der Waals surface area contributed by atoms with Gasteiger partial charge in [0.15, 0.2) is 5.13 Å². The Morgan fingerprint density at radius 3 is 3.11 bits per heavy atom. The van der Waals surface area contributed by atoms with E-state index in [1.807, 2.05) is 0 Å². The third kappa shape index (κ3) is 2.84. The monoisotopic (exact) mass is 325 g/mol. The first kappa shape index (κ1) is 12.4. The largest absolute Gasteiger partial charge is 0.360 e. The van der Waals surface area contributed by atoms with E-state index in [1.165, 1.54) is 17.5 Å². The molecule has 3 rings (SSSR count). The summed E-state index contributed by atoms with van der Waals surface area (Å²) in [6.45, 7) is 2.05. The standard InChI is InChI=1S/C13H16BrN3S/c1-17(10-3-4-10)7-6-15-13-16-11-8-9(14)2-5-12(11)18-13/h2,5,8,10H,3-4,6-7H2,1H3,(H,15,16). The number of thiazole rings is 1. The molecule has 0 aliphatic heterocycles. The minimum absolute atomic E-state index is 0.832. The van der Waals surface area contributed by atoms with Gasteiger partial charge >= 0.3 is 0 Å². The molecule has 0 unspecified atom stereocenters. The lowest BCUT2D eigenvalue weighted by Crippen LogP contribution is -2.26. The molecular formula is C13H16BrN3S. The van der Waals surface area contributed by atoms with E-state index in [1.54, 1.807) is 11.3 Å². The van der Waals surface area contributed by atoms with Crippen molar-refractivity contribution in [3.63, 3.8) is 0 Å². The van der Waals surface area contributed by atoms with Crippen LogP contribution in [0.15, 0.2) is 22.7 Å². The zero-order valence-electron chi connectivity index (χ0n) is 10.3. The Morgan fingerprint density at radius 1 is 1.50 bits per heavy atom. The van der Waals surface area contributed by atoms with Gasteiger partial charge in [-0.05, 0) is 38.1 Å². The molecule has 5 heteroatoms. The van der Waals surface area contributed by atoms with Crippen LogP contribution in [-0.4, -0.2) is 36.1 Å². The van der Waals surface area contributed by atoms with Gasteiger partial charge in [-0.3, -0.25) is 0 Å². The summed E-state index contributed by atoms with van der Waals surface area (Å²) in [5.74, 6) is 0. The maximum Gasteiger partial charge on any atom is 0.183 e. The molecule has 3 nitrogen and oxygen atoms in total. The number of nitrogens with zero attached hydrogens (tertiary/aromatic N) is 2. The van der Waals surface area contributed by atoms with Gasteiger partial charge in [0.1, 0.15) is 0 Å². The Bertz CT molecular complexity index is 550. The fourth-order valence-electron chi connectivity index (χ4n) is 2.01. The summed E-state index contributed by atoms with van der Waals surface area (Å²) in [6, 6.07) is 7.06. The van der Waals surface area contributed by atoms with Gasteiger partial charge in [-0.1, -0.05) is 27.3 Å². The molecule has 1 heterocycles. The lowest BCUT2D eigenvalue weighted by atomic mass is 10.3. The predicted octanol–water partition coefficient (Wildman–Crippen LogP) is 3.56. The molecule has 0 spiro atoms. The number of benzene rings is 1. The van der Waals surface area contributed by atoms with Crippen molar-refractivity contribution in [1.82, 2.24) is 9.88 Å². The zero-order valence-corrected chi connectivity index (χ0v) is 12.7. The van der Waals surface area contributed by atoms with Crippen LogP contribution in [0.25, 0.3) is 10.2 Å². The summed E-state index contributed by atoms with van der Waals surface area (Å²) in [6.07, 6.45) is 2.73. The molecule has 0 saturated heterocycles. The summed E-state index contributed by atoms with van der Waals surface area (Å²) in [5.41, 5.74) is 1.06. The van der Waals surface area contributed by atoms with Gasteiger partial charge in [0.2, 0.25) is 0 Å². The van der Waals surface area contributed by atoms with Crippen molar-refractivity contribution in [3.05, 3.63) is 22.7 Å². The molecular weight excluding hydrogens is 310 g/mol. The number of hydrogen-bond donors (Lipinski definition) is 1. The van der Waals surface area contributed by atoms with E-state index in [9.17, 15) is 0 Å². The van der Waals surface area contributed by atoms with E-state index in [2.05, 4.69) is 56.4 Å². The second-order valence-electron chi connectivity index (χ2n) is 4.77. The number of nitrogens with one attached hydrogen (secondary N) is 1. The van der Waals surface area contributed by atoms with Gasteiger partial charge in [0.05, 0.1) is 10.2 Å². The van der Waals surface area contributed by atoms with Crippen molar-refractivity contribution >= 4 is 42.6 Å². The van der Waals surface area contributed by atoms with Crippen molar-refractivity contribution in [1.29, 1.82) is 0 Å². The fraction of sp³-hybridized carbons (Fsp3) is 0.462. The van der Waals surface area contributed by atoms with E-state index in [0.717, 1.165) is 34.3 Å². The van der Waals surface area contributed by atoms with Gasteiger partial charge in [-0.2, -0.15) is 0 Å². The molecule has 0 radical (unpaired) electrons. The van der Waals surface area contributed by atoms with Crippen molar-refractivity contribution in [2.24, 2.45) is 0 Å². The maximum absolute atomic E-state index is 4.59. The molecule has 1 aliphatic carbocycles. The minimum Gasteiger partial charge on any atom is -0.360 e. The number of anilines is 1. The third-order valence-electron chi connectivity index (χ3n) is 3.26. The van der Waals surface area contributed by atoms with Crippen LogP contribution < -0.4 is 5.32 Å². The number of hydrogen-bond acceptors (Lipinski definition) is 4. The highest BCUT2D eigenvalue weighted by atomic mass is 79.9. The number of rotatable bonds is 5.